The molecule has 20 heavy (non-hydrogen) atoms. The van der Waals surface area contributed by atoms with Crippen LogP contribution in [0.4, 0.5) is 0 Å². The maximum absolute atomic E-state index is 10.5. The van der Waals surface area contributed by atoms with Crippen molar-refractivity contribution >= 4 is 0 Å². The van der Waals surface area contributed by atoms with E-state index >= 15 is 0 Å². The van der Waals surface area contributed by atoms with Gasteiger partial charge >= 0.3 is 0 Å². The molecule has 0 radical (unpaired) electrons. The fraction of sp³-hybridized carbons (Fsp3) is 1.00. The van der Waals surface area contributed by atoms with Crippen LogP contribution < -0.4 is 0 Å². The van der Waals surface area contributed by atoms with Crippen LogP contribution in [0.1, 0.15) is 73.1 Å². The second-order valence-corrected chi connectivity index (χ2v) is 8.08. The maximum Gasteiger partial charge on any atom is 0.0695 e. The molecule has 118 valence electrons. The third-order valence-electron chi connectivity index (χ3n) is 6.65. The number of piperidine rings is 1. The van der Waals surface area contributed by atoms with Crippen LogP contribution in [-0.2, 0) is 0 Å². The van der Waals surface area contributed by atoms with Crippen LogP contribution in [0.25, 0.3) is 0 Å². The highest BCUT2D eigenvalue weighted by Gasteiger charge is 2.41. The molecule has 2 nitrogen and oxygen atoms in total. The highest BCUT2D eigenvalue weighted by Crippen LogP contribution is 2.43. The molecule has 2 aliphatic rings. The smallest absolute Gasteiger partial charge is 0.0695 e. The Bertz CT molecular complexity index is 315. The van der Waals surface area contributed by atoms with Gasteiger partial charge in [0, 0.05) is 12.1 Å². The quantitative estimate of drug-likeness (QED) is 0.843. The summed E-state index contributed by atoms with van der Waals surface area (Å²) < 4.78 is 0. The van der Waals surface area contributed by atoms with Gasteiger partial charge in [-0.2, -0.15) is 0 Å². The molecule has 0 amide bonds. The summed E-state index contributed by atoms with van der Waals surface area (Å²) in [6.07, 6.45) is 7.19. The van der Waals surface area contributed by atoms with Crippen LogP contribution in [0.2, 0.25) is 0 Å². The standard InChI is InChI=1S/C18H35NO/c1-6-18(4,5)15-9-10-17(20)16(12-15)19-11-7-8-13(2)14(19)3/h13-17,20H,6-12H2,1-5H3. The largest absolute Gasteiger partial charge is 0.391 e. The Morgan fingerprint density at radius 1 is 1.15 bits per heavy atom. The Morgan fingerprint density at radius 3 is 2.50 bits per heavy atom. The van der Waals surface area contributed by atoms with E-state index in [1.54, 1.807) is 0 Å². The van der Waals surface area contributed by atoms with Crippen molar-refractivity contribution < 1.29 is 5.11 Å². The molecular weight excluding hydrogens is 246 g/mol. The Labute approximate surface area is 125 Å². The molecule has 1 aliphatic heterocycles. The number of rotatable bonds is 3. The van der Waals surface area contributed by atoms with Crippen molar-refractivity contribution in [2.75, 3.05) is 6.54 Å². The topological polar surface area (TPSA) is 23.5 Å². The van der Waals surface area contributed by atoms with Crippen LogP contribution in [0.5, 0.6) is 0 Å². The van der Waals surface area contributed by atoms with Gasteiger partial charge < -0.3 is 5.11 Å². The van der Waals surface area contributed by atoms with Gasteiger partial charge in [-0.3, -0.25) is 4.90 Å². The monoisotopic (exact) mass is 281 g/mol. The molecule has 1 heterocycles. The molecule has 1 aliphatic carbocycles. The third kappa shape index (κ3) is 3.22. The number of aliphatic hydroxyl groups excluding tert-OH is 1. The molecule has 5 unspecified atom stereocenters. The van der Waals surface area contributed by atoms with E-state index in [9.17, 15) is 5.11 Å². The zero-order valence-electron chi connectivity index (χ0n) is 14.2. The molecule has 2 rings (SSSR count). The van der Waals surface area contributed by atoms with Gasteiger partial charge in [0.15, 0.2) is 0 Å². The molecule has 1 saturated heterocycles. The molecule has 0 aromatic rings. The van der Waals surface area contributed by atoms with E-state index in [0.717, 1.165) is 18.3 Å². The number of hydrogen-bond acceptors (Lipinski definition) is 2. The molecule has 5 atom stereocenters. The van der Waals surface area contributed by atoms with Gasteiger partial charge in [0.05, 0.1) is 6.10 Å². The Balaban J connectivity index is 2.09. The first-order chi connectivity index (χ1) is 9.36. The van der Waals surface area contributed by atoms with Gasteiger partial charge in [-0.25, -0.2) is 0 Å². The number of nitrogens with zero attached hydrogens (tertiary/aromatic N) is 1. The summed E-state index contributed by atoms with van der Waals surface area (Å²) in [6, 6.07) is 1.03. The molecule has 0 aromatic carbocycles. The van der Waals surface area contributed by atoms with E-state index in [1.165, 1.54) is 38.6 Å². The molecule has 0 aromatic heterocycles. The van der Waals surface area contributed by atoms with Crippen LogP contribution in [0, 0.1) is 17.3 Å². The molecule has 2 heteroatoms. The molecular formula is C18H35NO. The first-order valence-electron chi connectivity index (χ1n) is 8.80. The first kappa shape index (κ1) is 16.3. The summed E-state index contributed by atoms with van der Waals surface area (Å²) in [5.74, 6) is 1.54. The van der Waals surface area contributed by atoms with Gasteiger partial charge in [0.25, 0.3) is 0 Å². The van der Waals surface area contributed by atoms with Crippen molar-refractivity contribution in [3.8, 4) is 0 Å². The van der Waals surface area contributed by atoms with Crippen LogP contribution >= 0.6 is 0 Å². The average molecular weight is 281 g/mol. The van der Waals surface area contributed by atoms with E-state index in [1.807, 2.05) is 0 Å². The molecule has 0 bridgehead atoms. The number of aliphatic hydroxyl groups is 1. The number of hydrogen-bond donors (Lipinski definition) is 1. The SMILES string of the molecule is CCC(C)(C)C1CCC(O)C(N2CCCC(C)C2C)C1. The summed E-state index contributed by atoms with van der Waals surface area (Å²) >= 11 is 0. The van der Waals surface area contributed by atoms with Crippen LogP contribution in [-0.4, -0.2) is 34.7 Å². The Hall–Kier alpha value is -0.0800. The van der Waals surface area contributed by atoms with Crippen molar-refractivity contribution in [3.63, 3.8) is 0 Å². The lowest BCUT2D eigenvalue weighted by molar-refractivity contribution is -0.0529. The zero-order chi connectivity index (χ0) is 14.9. The highest BCUT2D eigenvalue weighted by atomic mass is 16.3. The maximum atomic E-state index is 10.5. The predicted molar refractivity (Wildman–Crippen MR) is 85.8 cm³/mol. The lowest BCUT2D eigenvalue weighted by atomic mass is 9.67. The van der Waals surface area contributed by atoms with Gasteiger partial charge in [0.2, 0.25) is 0 Å². The van der Waals surface area contributed by atoms with Crippen molar-refractivity contribution in [2.45, 2.75) is 91.3 Å². The van der Waals surface area contributed by atoms with E-state index in [4.69, 9.17) is 0 Å². The van der Waals surface area contributed by atoms with Gasteiger partial charge in [-0.1, -0.05) is 34.1 Å². The highest BCUT2D eigenvalue weighted by molar-refractivity contribution is 4.94. The Morgan fingerprint density at radius 2 is 1.85 bits per heavy atom. The fourth-order valence-corrected chi connectivity index (χ4v) is 4.32. The van der Waals surface area contributed by atoms with Crippen molar-refractivity contribution in [2.24, 2.45) is 17.3 Å². The molecule has 0 spiro atoms. The summed E-state index contributed by atoms with van der Waals surface area (Å²) in [5, 5.41) is 10.5. The van der Waals surface area contributed by atoms with E-state index in [2.05, 4.69) is 39.5 Å². The second-order valence-electron chi connectivity index (χ2n) is 8.08. The minimum absolute atomic E-state index is 0.105. The summed E-state index contributed by atoms with van der Waals surface area (Å²) in [4.78, 5) is 2.64. The average Bonchev–Trinajstić information content (AvgIpc) is 2.42. The van der Waals surface area contributed by atoms with Gasteiger partial charge in [-0.05, 0) is 62.8 Å². The van der Waals surface area contributed by atoms with E-state index in [-0.39, 0.29) is 6.10 Å². The Kier molecular flexibility index (Phi) is 5.18. The summed E-state index contributed by atoms with van der Waals surface area (Å²) in [6.45, 7) is 13.1. The van der Waals surface area contributed by atoms with E-state index in [0.29, 0.717) is 17.5 Å². The molecule has 1 saturated carbocycles. The molecule has 1 N–H and O–H groups in total. The predicted octanol–water partition coefficient (Wildman–Crippen LogP) is 4.07. The normalized spacial score (nSPS) is 40.8. The lowest BCUT2D eigenvalue weighted by Crippen LogP contribution is -2.55. The minimum Gasteiger partial charge on any atom is -0.391 e. The summed E-state index contributed by atoms with van der Waals surface area (Å²) in [7, 11) is 0. The fourth-order valence-electron chi connectivity index (χ4n) is 4.32. The zero-order valence-corrected chi connectivity index (χ0v) is 14.2. The third-order valence-corrected chi connectivity index (χ3v) is 6.65. The van der Waals surface area contributed by atoms with Crippen LogP contribution in [0.15, 0.2) is 0 Å². The lowest BCUT2D eigenvalue weighted by Gasteiger charge is -2.50. The molecule has 2 fully saturated rings. The second kappa shape index (κ2) is 6.36. The van der Waals surface area contributed by atoms with Crippen molar-refractivity contribution in [1.82, 2.24) is 4.90 Å². The van der Waals surface area contributed by atoms with Crippen molar-refractivity contribution in [3.05, 3.63) is 0 Å². The van der Waals surface area contributed by atoms with Gasteiger partial charge in [-0.15, -0.1) is 0 Å². The van der Waals surface area contributed by atoms with Gasteiger partial charge in [0.1, 0.15) is 0 Å². The van der Waals surface area contributed by atoms with Crippen LogP contribution in [0.3, 0.4) is 0 Å². The van der Waals surface area contributed by atoms with Crippen molar-refractivity contribution in [1.29, 1.82) is 0 Å². The number of likely N-dealkylation sites (tertiary alicyclic amines) is 1. The van der Waals surface area contributed by atoms with E-state index < -0.39 is 0 Å². The first-order valence-corrected chi connectivity index (χ1v) is 8.80. The summed E-state index contributed by atoms with van der Waals surface area (Å²) in [5.41, 5.74) is 0.420. The minimum atomic E-state index is -0.105.